The SMILES string of the molecule is CC(C)CCC(=O)C(=O)NCCc1ccc(O)cc1. The van der Waals surface area contributed by atoms with Gasteiger partial charge < -0.3 is 10.4 Å². The first-order chi connectivity index (χ1) is 8.99. The maximum Gasteiger partial charge on any atom is 0.287 e. The van der Waals surface area contributed by atoms with Crippen molar-refractivity contribution in [2.75, 3.05) is 6.54 Å². The normalized spacial score (nSPS) is 10.5. The van der Waals surface area contributed by atoms with E-state index in [2.05, 4.69) is 5.32 Å². The van der Waals surface area contributed by atoms with Gasteiger partial charge in [-0.15, -0.1) is 0 Å². The molecule has 4 heteroatoms. The van der Waals surface area contributed by atoms with E-state index in [9.17, 15) is 9.59 Å². The van der Waals surface area contributed by atoms with Gasteiger partial charge in [-0.2, -0.15) is 0 Å². The third-order valence-corrected chi connectivity index (χ3v) is 2.84. The van der Waals surface area contributed by atoms with Crippen molar-refractivity contribution >= 4 is 11.7 Å². The molecule has 2 N–H and O–H groups in total. The van der Waals surface area contributed by atoms with E-state index >= 15 is 0 Å². The third-order valence-electron chi connectivity index (χ3n) is 2.84. The maximum absolute atomic E-state index is 11.5. The number of aromatic hydroxyl groups is 1. The van der Waals surface area contributed by atoms with E-state index in [-0.39, 0.29) is 11.5 Å². The van der Waals surface area contributed by atoms with Crippen LogP contribution in [-0.2, 0) is 16.0 Å². The van der Waals surface area contributed by atoms with E-state index < -0.39 is 5.91 Å². The number of nitrogens with one attached hydrogen (secondary N) is 1. The summed E-state index contributed by atoms with van der Waals surface area (Å²) in [6.07, 6.45) is 1.69. The third kappa shape index (κ3) is 6.04. The second-order valence-electron chi connectivity index (χ2n) is 5.03. The van der Waals surface area contributed by atoms with Gasteiger partial charge in [-0.1, -0.05) is 26.0 Å². The van der Waals surface area contributed by atoms with Gasteiger partial charge in [0.15, 0.2) is 0 Å². The predicted octanol–water partition coefficient (Wildman–Crippen LogP) is 2.06. The molecule has 0 radical (unpaired) electrons. The van der Waals surface area contributed by atoms with Crippen LogP contribution in [0.3, 0.4) is 0 Å². The molecule has 4 nitrogen and oxygen atoms in total. The molecule has 0 aliphatic carbocycles. The Kier molecular flexibility index (Phi) is 6.06. The summed E-state index contributed by atoms with van der Waals surface area (Å²) in [5.74, 6) is -0.204. The molecule has 1 rings (SSSR count). The van der Waals surface area contributed by atoms with Crippen molar-refractivity contribution in [2.45, 2.75) is 33.1 Å². The van der Waals surface area contributed by atoms with E-state index in [0.29, 0.717) is 25.3 Å². The molecule has 19 heavy (non-hydrogen) atoms. The molecule has 0 heterocycles. The van der Waals surface area contributed by atoms with Gasteiger partial charge in [-0.3, -0.25) is 9.59 Å². The van der Waals surface area contributed by atoms with Gasteiger partial charge in [-0.05, 0) is 36.5 Å². The minimum Gasteiger partial charge on any atom is -0.508 e. The highest BCUT2D eigenvalue weighted by atomic mass is 16.3. The first kappa shape index (κ1) is 15.2. The summed E-state index contributed by atoms with van der Waals surface area (Å²) >= 11 is 0. The fourth-order valence-corrected chi connectivity index (χ4v) is 1.61. The topological polar surface area (TPSA) is 66.4 Å². The van der Waals surface area contributed by atoms with Crippen LogP contribution in [0.2, 0.25) is 0 Å². The zero-order valence-corrected chi connectivity index (χ0v) is 11.5. The van der Waals surface area contributed by atoms with E-state index in [1.807, 2.05) is 13.8 Å². The molecule has 0 atom stereocenters. The lowest BCUT2D eigenvalue weighted by Crippen LogP contribution is -2.32. The largest absolute Gasteiger partial charge is 0.508 e. The number of amides is 1. The number of carbonyl (C=O) groups excluding carboxylic acids is 2. The first-order valence-corrected chi connectivity index (χ1v) is 6.58. The van der Waals surface area contributed by atoms with Crippen molar-refractivity contribution in [2.24, 2.45) is 5.92 Å². The van der Waals surface area contributed by atoms with E-state index in [4.69, 9.17) is 5.11 Å². The summed E-state index contributed by atoms with van der Waals surface area (Å²) in [6.45, 7) is 4.48. The Morgan fingerprint density at radius 1 is 1.21 bits per heavy atom. The highest BCUT2D eigenvalue weighted by Crippen LogP contribution is 2.09. The summed E-state index contributed by atoms with van der Waals surface area (Å²) < 4.78 is 0. The van der Waals surface area contributed by atoms with Crippen molar-refractivity contribution in [1.82, 2.24) is 5.32 Å². The lowest BCUT2D eigenvalue weighted by Gasteiger charge is -2.06. The zero-order valence-electron chi connectivity index (χ0n) is 11.5. The lowest BCUT2D eigenvalue weighted by molar-refractivity contribution is -0.138. The number of phenolic OH excluding ortho intramolecular Hbond substituents is 1. The molecular formula is C15H21NO3. The fraction of sp³-hybridized carbons (Fsp3) is 0.467. The maximum atomic E-state index is 11.5. The number of hydrogen-bond acceptors (Lipinski definition) is 3. The number of ketones is 1. The Morgan fingerprint density at radius 3 is 2.42 bits per heavy atom. The minimum absolute atomic E-state index is 0.219. The number of carbonyl (C=O) groups is 2. The van der Waals surface area contributed by atoms with Crippen LogP contribution in [0.5, 0.6) is 5.75 Å². The van der Waals surface area contributed by atoms with Crippen LogP contribution in [0.4, 0.5) is 0 Å². The van der Waals surface area contributed by atoms with Gasteiger partial charge in [0.25, 0.3) is 5.91 Å². The lowest BCUT2D eigenvalue weighted by atomic mass is 10.1. The quantitative estimate of drug-likeness (QED) is 0.740. The molecule has 0 bridgehead atoms. The molecule has 0 unspecified atom stereocenters. The van der Waals surface area contributed by atoms with Gasteiger partial charge in [0, 0.05) is 13.0 Å². The van der Waals surface area contributed by atoms with Crippen molar-refractivity contribution in [3.05, 3.63) is 29.8 Å². The Morgan fingerprint density at radius 2 is 1.84 bits per heavy atom. The van der Waals surface area contributed by atoms with Crippen LogP contribution in [0, 0.1) is 5.92 Å². The summed E-state index contributed by atoms with van der Waals surface area (Å²) in [5.41, 5.74) is 1.01. The van der Waals surface area contributed by atoms with Crippen LogP contribution in [-0.4, -0.2) is 23.3 Å². The van der Waals surface area contributed by atoms with Gasteiger partial charge >= 0.3 is 0 Å². The molecule has 1 aromatic rings. The standard InChI is InChI=1S/C15H21NO3/c1-11(2)3-8-14(18)15(19)16-10-9-12-4-6-13(17)7-5-12/h4-7,11,17H,3,8-10H2,1-2H3,(H,16,19). The van der Waals surface area contributed by atoms with Gasteiger partial charge in [0.2, 0.25) is 5.78 Å². The van der Waals surface area contributed by atoms with Crippen LogP contribution in [0.15, 0.2) is 24.3 Å². The molecule has 0 saturated carbocycles. The Labute approximate surface area is 113 Å². The average Bonchev–Trinajstić information content (AvgIpc) is 2.38. The molecule has 0 saturated heterocycles. The predicted molar refractivity (Wildman–Crippen MR) is 73.9 cm³/mol. The highest BCUT2D eigenvalue weighted by molar-refractivity contribution is 6.36. The average molecular weight is 263 g/mol. The number of phenols is 1. The minimum atomic E-state index is -0.501. The summed E-state index contributed by atoms with van der Waals surface area (Å²) in [6, 6.07) is 6.79. The van der Waals surface area contributed by atoms with Crippen molar-refractivity contribution in [3.63, 3.8) is 0 Å². The van der Waals surface area contributed by atoms with Crippen LogP contribution in [0.1, 0.15) is 32.3 Å². The van der Waals surface area contributed by atoms with Gasteiger partial charge in [0.1, 0.15) is 5.75 Å². The van der Waals surface area contributed by atoms with Crippen LogP contribution < -0.4 is 5.32 Å². The van der Waals surface area contributed by atoms with E-state index in [1.54, 1.807) is 24.3 Å². The molecule has 0 aliphatic heterocycles. The molecule has 0 fully saturated rings. The zero-order chi connectivity index (χ0) is 14.3. The molecular weight excluding hydrogens is 242 g/mol. The summed E-state index contributed by atoms with van der Waals surface area (Å²) in [4.78, 5) is 23.0. The van der Waals surface area contributed by atoms with Crippen molar-refractivity contribution < 1.29 is 14.7 Å². The molecule has 0 aliphatic rings. The second kappa shape index (κ2) is 7.56. The molecule has 0 spiro atoms. The van der Waals surface area contributed by atoms with Crippen LogP contribution >= 0.6 is 0 Å². The molecule has 1 amide bonds. The number of Topliss-reactive ketones (excluding diaryl/α,β-unsaturated/α-hetero) is 1. The molecule has 104 valence electrons. The van der Waals surface area contributed by atoms with E-state index in [1.165, 1.54) is 0 Å². The fourth-order valence-electron chi connectivity index (χ4n) is 1.61. The summed E-state index contributed by atoms with van der Waals surface area (Å²) in [5, 5.41) is 11.8. The van der Waals surface area contributed by atoms with Gasteiger partial charge in [-0.25, -0.2) is 0 Å². The van der Waals surface area contributed by atoms with E-state index in [0.717, 1.165) is 12.0 Å². The van der Waals surface area contributed by atoms with Gasteiger partial charge in [0.05, 0.1) is 0 Å². The molecule has 1 aromatic carbocycles. The first-order valence-electron chi connectivity index (χ1n) is 6.58. The Hall–Kier alpha value is -1.84. The Balaban J connectivity index is 2.26. The van der Waals surface area contributed by atoms with Crippen LogP contribution in [0.25, 0.3) is 0 Å². The number of hydrogen-bond donors (Lipinski definition) is 2. The second-order valence-corrected chi connectivity index (χ2v) is 5.03. The monoisotopic (exact) mass is 263 g/mol. The summed E-state index contributed by atoms with van der Waals surface area (Å²) in [7, 11) is 0. The van der Waals surface area contributed by atoms with Crippen molar-refractivity contribution in [3.8, 4) is 5.75 Å². The Bertz CT molecular complexity index is 424. The van der Waals surface area contributed by atoms with Crippen molar-refractivity contribution in [1.29, 1.82) is 0 Å². The highest BCUT2D eigenvalue weighted by Gasteiger charge is 2.13. The number of benzene rings is 1. The molecule has 0 aromatic heterocycles. The smallest absolute Gasteiger partial charge is 0.287 e. The number of rotatable bonds is 7.